The third-order valence-electron chi connectivity index (χ3n) is 1.57. The Morgan fingerprint density at radius 2 is 2.50 bits per heavy atom. The predicted octanol–water partition coefficient (Wildman–Crippen LogP) is 0.361. The molecule has 14 heavy (non-hydrogen) atoms. The van der Waals surface area contributed by atoms with Crippen LogP contribution in [-0.4, -0.2) is 29.7 Å². The summed E-state index contributed by atoms with van der Waals surface area (Å²) in [5.41, 5.74) is -0.174. The molecule has 0 aliphatic heterocycles. The lowest BCUT2D eigenvalue weighted by Crippen LogP contribution is -2.27. The zero-order chi connectivity index (χ0) is 10.6. The van der Waals surface area contributed by atoms with Gasteiger partial charge in [0.2, 0.25) is 5.88 Å². The highest BCUT2D eigenvalue weighted by molar-refractivity contribution is 14.1. The number of H-pyrrole nitrogens is 1. The van der Waals surface area contributed by atoms with Gasteiger partial charge in [-0.3, -0.25) is 4.79 Å². The molecule has 0 saturated carbocycles. The van der Waals surface area contributed by atoms with Gasteiger partial charge in [0.1, 0.15) is 9.67 Å². The highest BCUT2D eigenvalue weighted by Gasteiger charge is 2.09. The van der Waals surface area contributed by atoms with E-state index in [2.05, 4.69) is 15.3 Å². The molecule has 0 amide bonds. The summed E-state index contributed by atoms with van der Waals surface area (Å²) in [6.07, 6.45) is 1.33. The Morgan fingerprint density at radius 1 is 1.79 bits per heavy atom. The Balaban J connectivity index is 2.76. The molecular weight excluding hydrogens is 297 g/mol. The van der Waals surface area contributed by atoms with E-state index >= 15 is 0 Å². The van der Waals surface area contributed by atoms with Gasteiger partial charge in [0.15, 0.2) is 0 Å². The van der Waals surface area contributed by atoms with Crippen LogP contribution in [0.4, 0.5) is 0 Å². The number of nitrogens with zero attached hydrogens (tertiary/aromatic N) is 1. The molecule has 2 N–H and O–H groups in total. The van der Waals surface area contributed by atoms with Gasteiger partial charge in [-0.1, -0.05) is 0 Å². The molecule has 1 rings (SSSR count). The van der Waals surface area contributed by atoms with Crippen molar-refractivity contribution >= 4 is 22.6 Å². The summed E-state index contributed by atoms with van der Waals surface area (Å²) < 4.78 is 5.94. The van der Waals surface area contributed by atoms with E-state index in [4.69, 9.17) is 4.74 Å². The summed E-state index contributed by atoms with van der Waals surface area (Å²) in [7, 11) is 1.84. The Bertz CT molecular complexity index is 353. The quantitative estimate of drug-likeness (QED) is 0.788. The maximum atomic E-state index is 11.2. The standard InChI is InChI=1S/C8H12IN3O2/c1-5(3-10-2)14-8-6(9)7(13)11-4-12-8/h4-5,10H,3H2,1-2H3,(H,11,12,13). The van der Waals surface area contributed by atoms with Gasteiger partial charge in [0.25, 0.3) is 5.56 Å². The minimum absolute atomic E-state index is 0.0113. The Labute approximate surface area is 95.4 Å². The fourth-order valence-electron chi connectivity index (χ4n) is 0.969. The van der Waals surface area contributed by atoms with Gasteiger partial charge in [0.05, 0.1) is 6.33 Å². The number of ether oxygens (including phenoxy) is 1. The van der Waals surface area contributed by atoms with E-state index in [0.717, 1.165) is 0 Å². The lowest BCUT2D eigenvalue weighted by molar-refractivity contribution is 0.209. The zero-order valence-corrected chi connectivity index (χ0v) is 10.2. The molecule has 1 unspecified atom stereocenters. The molecule has 0 aliphatic rings. The normalized spacial score (nSPS) is 12.5. The number of rotatable bonds is 4. The third-order valence-corrected chi connectivity index (χ3v) is 2.52. The van der Waals surface area contributed by atoms with Crippen LogP contribution in [0.2, 0.25) is 0 Å². The molecule has 1 atom stereocenters. The first-order valence-electron chi connectivity index (χ1n) is 4.19. The van der Waals surface area contributed by atoms with Crippen molar-refractivity contribution in [3.63, 3.8) is 0 Å². The summed E-state index contributed by atoms with van der Waals surface area (Å²) in [4.78, 5) is 17.6. The molecule has 0 fully saturated rings. The predicted molar refractivity (Wildman–Crippen MR) is 61.6 cm³/mol. The average molecular weight is 309 g/mol. The van der Waals surface area contributed by atoms with E-state index in [-0.39, 0.29) is 11.7 Å². The molecule has 78 valence electrons. The number of hydrogen-bond acceptors (Lipinski definition) is 4. The molecule has 0 aliphatic carbocycles. The fourth-order valence-corrected chi connectivity index (χ4v) is 1.39. The smallest absolute Gasteiger partial charge is 0.268 e. The molecule has 0 bridgehead atoms. The van der Waals surface area contributed by atoms with Gasteiger partial charge in [0, 0.05) is 6.54 Å². The van der Waals surface area contributed by atoms with E-state index < -0.39 is 0 Å². The van der Waals surface area contributed by atoms with Gasteiger partial charge in [-0.15, -0.1) is 0 Å². The first kappa shape index (κ1) is 11.4. The maximum absolute atomic E-state index is 11.2. The van der Waals surface area contributed by atoms with Crippen molar-refractivity contribution in [2.75, 3.05) is 13.6 Å². The monoisotopic (exact) mass is 309 g/mol. The summed E-state index contributed by atoms with van der Waals surface area (Å²) in [5.74, 6) is 0.386. The first-order chi connectivity index (χ1) is 6.65. The van der Waals surface area contributed by atoms with Crippen molar-refractivity contribution in [2.24, 2.45) is 0 Å². The van der Waals surface area contributed by atoms with Crippen LogP contribution in [-0.2, 0) is 0 Å². The molecule has 1 heterocycles. The van der Waals surface area contributed by atoms with E-state index in [1.54, 1.807) is 0 Å². The summed E-state index contributed by atoms with van der Waals surface area (Å²) >= 11 is 1.92. The van der Waals surface area contributed by atoms with Gasteiger partial charge in [-0.2, -0.15) is 0 Å². The van der Waals surface area contributed by atoms with Crippen molar-refractivity contribution in [3.8, 4) is 5.88 Å². The van der Waals surface area contributed by atoms with Crippen LogP contribution in [0.15, 0.2) is 11.1 Å². The van der Waals surface area contributed by atoms with Crippen LogP contribution in [0, 0.1) is 3.57 Å². The minimum Gasteiger partial charge on any atom is -0.472 e. The summed E-state index contributed by atoms with van der Waals surface area (Å²) in [6, 6.07) is 0. The number of nitrogens with one attached hydrogen (secondary N) is 2. The van der Waals surface area contributed by atoms with Crippen molar-refractivity contribution in [1.29, 1.82) is 0 Å². The van der Waals surface area contributed by atoms with Crippen LogP contribution >= 0.6 is 22.6 Å². The van der Waals surface area contributed by atoms with Crippen molar-refractivity contribution in [2.45, 2.75) is 13.0 Å². The van der Waals surface area contributed by atoms with Gasteiger partial charge in [-0.05, 0) is 36.6 Å². The second-order valence-corrected chi connectivity index (χ2v) is 3.92. The second-order valence-electron chi connectivity index (χ2n) is 2.84. The molecule has 6 heteroatoms. The number of halogens is 1. The molecule has 0 aromatic carbocycles. The van der Waals surface area contributed by atoms with Crippen LogP contribution in [0.25, 0.3) is 0 Å². The van der Waals surface area contributed by atoms with Gasteiger partial charge >= 0.3 is 0 Å². The SMILES string of the molecule is CNCC(C)Oc1nc[nH]c(=O)c1I. The number of likely N-dealkylation sites (N-methyl/N-ethyl adjacent to an activating group) is 1. The first-order valence-corrected chi connectivity index (χ1v) is 5.27. The van der Waals surface area contributed by atoms with E-state index in [0.29, 0.717) is 16.0 Å². The molecule has 5 nitrogen and oxygen atoms in total. The van der Waals surface area contributed by atoms with Crippen LogP contribution in [0.5, 0.6) is 5.88 Å². The average Bonchev–Trinajstić information content (AvgIpc) is 2.13. The van der Waals surface area contributed by atoms with Gasteiger partial charge < -0.3 is 15.0 Å². The third kappa shape index (κ3) is 2.95. The highest BCUT2D eigenvalue weighted by Crippen LogP contribution is 2.12. The van der Waals surface area contributed by atoms with Crippen LogP contribution < -0.4 is 15.6 Å². The van der Waals surface area contributed by atoms with Crippen molar-refractivity contribution in [1.82, 2.24) is 15.3 Å². The summed E-state index contributed by atoms with van der Waals surface area (Å²) in [5, 5.41) is 2.98. The topological polar surface area (TPSA) is 67.0 Å². The highest BCUT2D eigenvalue weighted by atomic mass is 127. The molecule has 1 aromatic rings. The lowest BCUT2D eigenvalue weighted by atomic mass is 10.4. The molecule has 1 aromatic heterocycles. The van der Waals surface area contributed by atoms with Gasteiger partial charge in [-0.25, -0.2) is 4.98 Å². The molecular formula is C8H12IN3O2. The number of aromatic nitrogens is 2. The fraction of sp³-hybridized carbons (Fsp3) is 0.500. The Kier molecular flexibility index (Phi) is 4.33. The van der Waals surface area contributed by atoms with E-state index in [1.165, 1.54) is 6.33 Å². The number of aromatic amines is 1. The Morgan fingerprint density at radius 3 is 3.14 bits per heavy atom. The Hall–Kier alpha value is -0.630. The largest absolute Gasteiger partial charge is 0.472 e. The van der Waals surface area contributed by atoms with Crippen molar-refractivity contribution < 1.29 is 4.74 Å². The number of hydrogen-bond donors (Lipinski definition) is 2. The summed E-state index contributed by atoms with van der Waals surface area (Å²) in [6.45, 7) is 2.63. The second kappa shape index (κ2) is 5.30. The van der Waals surface area contributed by atoms with Crippen molar-refractivity contribution in [3.05, 3.63) is 20.3 Å². The zero-order valence-electron chi connectivity index (χ0n) is 8.00. The van der Waals surface area contributed by atoms with E-state index in [1.807, 2.05) is 36.6 Å². The van der Waals surface area contributed by atoms with E-state index in [9.17, 15) is 4.79 Å². The van der Waals surface area contributed by atoms with Crippen LogP contribution in [0.1, 0.15) is 6.92 Å². The van der Waals surface area contributed by atoms with Crippen LogP contribution in [0.3, 0.4) is 0 Å². The minimum atomic E-state index is -0.174. The maximum Gasteiger partial charge on any atom is 0.268 e. The molecule has 0 radical (unpaired) electrons. The molecule has 0 saturated heterocycles. The lowest BCUT2D eigenvalue weighted by Gasteiger charge is -2.13. The molecule has 0 spiro atoms.